The Morgan fingerprint density at radius 1 is 1.16 bits per heavy atom. The average Bonchev–Trinajstić information content (AvgIpc) is 2.48. The molecule has 0 unspecified atom stereocenters. The van der Waals surface area contributed by atoms with E-state index in [2.05, 4.69) is 20.6 Å². The molecule has 0 atom stereocenters. The second-order valence-electron chi connectivity index (χ2n) is 4.49. The zero-order valence-electron chi connectivity index (χ0n) is 13.0. The lowest BCUT2D eigenvalue weighted by Gasteiger charge is -2.14. The maximum atomic E-state index is 12.7. The Morgan fingerprint density at radius 2 is 1.80 bits per heavy atom. The summed E-state index contributed by atoms with van der Waals surface area (Å²) in [6, 6.07) is 1.98. The molecule has 0 spiro atoms. The minimum Gasteiger partial charge on any atom is -0.475 e. The average molecular weight is 486 g/mol. The van der Waals surface area contributed by atoms with Gasteiger partial charge in [0.15, 0.2) is 5.96 Å². The van der Waals surface area contributed by atoms with E-state index in [0.717, 1.165) is 18.3 Å². The van der Waals surface area contributed by atoms with Crippen LogP contribution in [0.5, 0.6) is 5.88 Å². The highest BCUT2D eigenvalue weighted by molar-refractivity contribution is 14.0. The summed E-state index contributed by atoms with van der Waals surface area (Å²) in [7, 11) is 1.35. The predicted molar refractivity (Wildman–Crippen MR) is 90.2 cm³/mol. The molecule has 0 amide bonds. The molecule has 0 aliphatic rings. The molecule has 0 aromatic carbocycles. The number of aromatic nitrogens is 1. The highest BCUT2D eigenvalue weighted by atomic mass is 127. The molecule has 144 valence electrons. The van der Waals surface area contributed by atoms with Gasteiger partial charge in [0.05, 0.1) is 13.0 Å². The third kappa shape index (κ3) is 9.55. The lowest BCUT2D eigenvalue weighted by Crippen LogP contribution is -2.40. The van der Waals surface area contributed by atoms with E-state index in [1.54, 1.807) is 0 Å². The summed E-state index contributed by atoms with van der Waals surface area (Å²) in [6.07, 6.45) is -8.75. The van der Waals surface area contributed by atoms with Crippen LogP contribution in [0.2, 0.25) is 0 Å². The number of alkyl halides is 6. The molecule has 1 rings (SSSR count). The van der Waals surface area contributed by atoms with Crippen LogP contribution in [0.3, 0.4) is 0 Å². The summed E-state index contributed by atoms with van der Waals surface area (Å²) < 4.78 is 79.2. The minimum atomic E-state index is -4.59. The fraction of sp³-hybridized carbons (Fsp3) is 0.538. The van der Waals surface area contributed by atoms with Crippen molar-refractivity contribution in [3.8, 4) is 5.88 Å². The molecule has 25 heavy (non-hydrogen) atoms. The molecule has 0 fully saturated rings. The number of pyridine rings is 1. The van der Waals surface area contributed by atoms with Gasteiger partial charge in [-0.25, -0.2) is 4.98 Å². The van der Waals surface area contributed by atoms with Crippen molar-refractivity contribution in [2.45, 2.75) is 18.8 Å². The van der Waals surface area contributed by atoms with E-state index in [-0.39, 0.29) is 49.6 Å². The van der Waals surface area contributed by atoms with Crippen molar-refractivity contribution < 1.29 is 31.1 Å². The van der Waals surface area contributed by atoms with Crippen LogP contribution in [-0.4, -0.2) is 43.9 Å². The van der Waals surface area contributed by atoms with Gasteiger partial charge in [0.25, 0.3) is 0 Å². The van der Waals surface area contributed by atoms with Gasteiger partial charge in [0, 0.05) is 19.8 Å². The number of rotatable bonds is 6. The molecule has 0 radical (unpaired) electrons. The Morgan fingerprint density at radius 3 is 2.36 bits per heavy atom. The van der Waals surface area contributed by atoms with Gasteiger partial charge in [0.1, 0.15) is 12.2 Å². The van der Waals surface area contributed by atoms with E-state index in [4.69, 9.17) is 4.74 Å². The van der Waals surface area contributed by atoms with Crippen molar-refractivity contribution in [2.75, 3.05) is 26.7 Å². The predicted octanol–water partition coefficient (Wildman–Crippen LogP) is 3.21. The van der Waals surface area contributed by atoms with E-state index >= 15 is 0 Å². The van der Waals surface area contributed by atoms with E-state index in [9.17, 15) is 26.3 Å². The number of hydrogen-bond donors (Lipinski definition) is 2. The Balaban J connectivity index is 0.00000576. The van der Waals surface area contributed by atoms with Crippen molar-refractivity contribution in [3.05, 3.63) is 23.9 Å². The Labute approximate surface area is 157 Å². The summed E-state index contributed by atoms with van der Waals surface area (Å²) in [5, 5.41) is 5.05. The SMILES string of the molecule is CN=C(NCCOc1ncccc1C(F)(F)F)NCCC(F)(F)F.I. The molecule has 0 saturated carbocycles. The zero-order valence-corrected chi connectivity index (χ0v) is 15.4. The van der Waals surface area contributed by atoms with Gasteiger partial charge in [-0.2, -0.15) is 26.3 Å². The molecular formula is C13H17F6IN4O. The molecule has 0 bridgehead atoms. The molecule has 12 heteroatoms. The Hall–Kier alpha value is -1.47. The van der Waals surface area contributed by atoms with Crippen LogP contribution >= 0.6 is 24.0 Å². The summed E-state index contributed by atoms with van der Waals surface area (Å²) in [4.78, 5) is 7.20. The zero-order chi connectivity index (χ0) is 18.2. The van der Waals surface area contributed by atoms with Gasteiger partial charge in [-0.15, -0.1) is 24.0 Å². The number of hydrogen-bond acceptors (Lipinski definition) is 3. The van der Waals surface area contributed by atoms with Crippen LogP contribution < -0.4 is 15.4 Å². The van der Waals surface area contributed by atoms with Crippen LogP contribution in [0.4, 0.5) is 26.3 Å². The van der Waals surface area contributed by atoms with Gasteiger partial charge in [-0.1, -0.05) is 0 Å². The smallest absolute Gasteiger partial charge is 0.421 e. The number of nitrogens with one attached hydrogen (secondary N) is 2. The molecule has 5 nitrogen and oxygen atoms in total. The van der Waals surface area contributed by atoms with E-state index in [0.29, 0.717) is 0 Å². The first-order chi connectivity index (χ1) is 11.1. The van der Waals surface area contributed by atoms with Gasteiger partial charge < -0.3 is 15.4 Å². The van der Waals surface area contributed by atoms with Crippen molar-refractivity contribution in [1.29, 1.82) is 0 Å². The molecular weight excluding hydrogens is 469 g/mol. The normalized spacial score (nSPS) is 12.4. The topological polar surface area (TPSA) is 58.5 Å². The first-order valence-corrected chi connectivity index (χ1v) is 6.80. The Bertz CT molecular complexity index is 550. The molecule has 0 saturated heterocycles. The monoisotopic (exact) mass is 486 g/mol. The van der Waals surface area contributed by atoms with Gasteiger partial charge in [0.2, 0.25) is 5.88 Å². The molecule has 0 aliphatic heterocycles. The highest BCUT2D eigenvalue weighted by Crippen LogP contribution is 2.34. The van der Waals surface area contributed by atoms with Crippen molar-refractivity contribution >= 4 is 29.9 Å². The lowest BCUT2D eigenvalue weighted by atomic mass is 10.2. The largest absolute Gasteiger partial charge is 0.475 e. The van der Waals surface area contributed by atoms with Gasteiger partial charge in [-0.05, 0) is 12.1 Å². The summed E-state index contributed by atoms with van der Waals surface area (Å²) in [5.41, 5.74) is -1.00. The van der Waals surface area contributed by atoms with Crippen LogP contribution in [0.25, 0.3) is 0 Å². The molecule has 0 aliphatic carbocycles. The van der Waals surface area contributed by atoms with Crippen LogP contribution in [0.1, 0.15) is 12.0 Å². The molecule has 1 aromatic rings. The Kier molecular flexibility index (Phi) is 9.89. The third-order valence-electron chi connectivity index (χ3n) is 2.63. The van der Waals surface area contributed by atoms with E-state index < -0.39 is 30.2 Å². The maximum absolute atomic E-state index is 12.7. The summed E-state index contributed by atoms with van der Waals surface area (Å²) in [6.45, 7) is -0.526. The second-order valence-corrected chi connectivity index (χ2v) is 4.49. The molecule has 2 N–H and O–H groups in total. The standard InChI is InChI=1S/C13H16F6N4O.HI/c1-20-11(22-6-4-12(14,15)16)23-7-8-24-10-9(13(17,18)19)3-2-5-21-10;/h2-3,5H,4,6-8H2,1H3,(H2,20,22,23);1H. The van der Waals surface area contributed by atoms with Gasteiger partial charge in [-0.3, -0.25) is 4.99 Å². The van der Waals surface area contributed by atoms with Gasteiger partial charge >= 0.3 is 12.4 Å². The fourth-order valence-electron chi connectivity index (χ4n) is 1.58. The van der Waals surface area contributed by atoms with Crippen molar-refractivity contribution in [3.63, 3.8) is 0 Å². The molecule has 1 aromatic heterocycles. The number of aliphatic imine (C=N–C) groups is 1. The van der Waals surface area contributed by atoms with Crippen LogP contribution in [-0.2, 0) is 6.18 Å². The minimum absolute atomic E-state index is 0. The first kappa shape index (κ1) is 23.5. The third-order valence-corrected chi connectivity index (χ3v) is 2.63. The fourth-order valence-corrected chi connectivity index (χ4v) is 1.58. The number of guanidine groups is 1. The van der Waals surface area contributed by atoms with Crippen LogP contribution in [0, 0.1) is 0 Å². The summed E-state index contributed by atoms with van der Waals surface area (Å²) in [5.74, 6) is -0.480. The second kappa shape index (κ2) is 10.5. The number of nitrogens with zero attached hydrogens (tertiary/aromatic N) is 2. The quantitative estimate of drug-likeness (QED) is 0.213. The maximum Gasteiger partial charge on any atom is 0.421 e. The highest BCUT2D eigenvalue weighted by Gasteiger charge is 2.35. The van der Waals surface area contributed by atoms with Crippen LogP contribution in [0.15, 0.2) is 23.3 Å². The van der Waals surface area contributed by atoms with Crippen molar-refractivity contribution in [1.82, 2.24) is 15.6 Å². The van der Waals surface area contributed by atoms with E-state index in [1.165, 1.54) is 7.05 Å². The number of ether oxygens (including phenoxy) is 1. The molecule has 1 heterocycles. The number of halogens is 7. The van der Waals surface area contributed by atoms with Crippen molar-refractivity contribution in [2.24, 2.45) is 4.99 Å². The summed E-state index contributed by atoms with van der Waals surface area (Å²) >= 11 is 0. The van der Waals surface area contributed by atoms with E-state index in [1.807, 2.05) is 0 Å². The lowest BCUT2D eigenvalue weighted by molar-refractivity contribution is -0.139. The first-order valence-electron chi connectivity index (χ1n) is 6.80.